The van der Waals surface area contributed by atoms with Crippen LogP contribution in [0.2, 0.25) is 0 Å². The van der Waals surface area contributed by atoms with Gasteiger partial charge in [-0.3, -0.25) is 4.79 Å². The molecule has 6 rings (SSSR count). The lowest BCUT2D eigenvalue weighted by atomic mass is 9.97. The molecule has 4 aromatic heterocycles. The number of benzene rings is 1. The van der Waals surface area contributed by atoms with Crippen molar-refractivity contribution in [3.63, 3.8) is 0 Å². The van der Waals surface area contributed by atoms with Gasteiger partial charge < -0.3 is 34.6 Å². The Kier molecular flexibility index (Phi) is 9.90. The van der Waals surface area contributed by atoms with Crippen LogP contribution in [-0.2, 0) is 43.3 Å². The summed E-state index contributed by atoms with van der Waals surface area (Å²) in [7, 11) is 1.64. The Hall–Kier alpha value is -4.43. The Bertz CT molecular complexity index is 1750. The first-order valence-corrected chi connectivity index (χ1v) is 15.1. The van der Waals surface area contributed by atoms with Crippen molar-refractivity contribution in [3.8, 4) is 11.3 Å². The summed E-state index contributed by atoms with van der Waals surface area (Å²) >= 11 is 0. The number of methoxy groups -OCH3 is 1. The molecule has 0 fully saturated rings. The fourth-order valence-electron chi connectivity index (χ4n) is 5.50. The zero-order valence-electron chi connectivity index (χ0n) is 25.4. The number of aromatic nitrogens is 6. The second-order valence-electron chi connectivity index (χ2n) is 10.9. The molecule has 1 amide bonds. The van der Waals surface area contributed by atoms with Crippen molar-refractivity contribution in [2.24, 2.45) is 0 Å². The van der Waals surface area contributed by atoms with Crippen LogP contribution in [0.4, 0.5) is 5.82 Å². The fourth-order valence-corrected chi connectivity index (χ4v) is 5.50. The predicted molar refractivity (Wildman–Crippen MR) is 168 cm³/mol. The molecule has 45 heavy (non-hydrogen) atoms. The highest BCUT2D eigenvalue weighted by Crippen LogP contribution is 2.31. The number of nitrogens with two attached hydrogens (primary N) is 1. The van der Waals surface area contributed by atoms with Crippen LogP contribution in [0.5, 0.6) is 0 Å². The maximum Gasteiger partial charge on any atom is 0.225 e. The number of H-pyrrole nitrogens is 1. The first-order chi connectivity index (χ1) is 22.1. The number of amides is 1. The van der Waals surface area contributed by atoms with Crippen molar-refractivity contribution < 1.29 is 23.7 Å². The van der Waals surface area contributed by atoms with E-state index in [1.165, 1.54) is 11.9 Å². The van der Waals surface area contributed by atoms with Crippen LogP contribution in [-0.4, -0.2) is 100 Å². The van der Waals surface area contributed by atoms with E-state index in [9.17, 15) is 4.79 Å². The molecule has 0 aliphatic carbocycles. The third-order valence-corrected chi connectivity index (χ3v) is 7.84. The van der Waals surface area contributed by atoms with Crippen LogP contribution in [0.25, 0.3) is 33.3 Å². The second kappa shape index (κ2) is 14.6. The Morgan fingerprint density at radius 2 is 1.76 bits per heavy atom. The Labute approximate surface area is 260 Å². The van der Waals surface area contributed by atoms with E-state index in [4.69, 9.17) is 29.8 Å². The standard InChI is InChI=1S/C32H38N8O5/c1-42-10-11-44-14-15-45-13-12-43-9-6-27(41)39-8-5-23-16-22(2-3-25(23)20-39)19-40-32-28(30(33)36-21-37-32)29(38-40)26-17-24-4-7-34-31(24)35-18-26/h2-4,7,16-18,21H,5-6,8-15,19-20H2,1H3,(H,34,35)(H2,33,36,37). The maximum absolute atomic E-state index is 12.9. The molecule has 5 heterocycles. The number of nitrogens with zero attached hydrogens (tertiary/aromatic N) is 6. The minimum absolute atomic E-state index is 0.0947. The van der Waals surface area contributed by atoms with Gasteiger partial charge in [0.25, 0.3) is 0 Å². The average Bonchev–Trinajstić information content (AvgIpc) is 3.68. The van der Waals surface area contributed by atoms with Gasteiger partial charge in [0, 0.05) is 43.5 Å². The minimum Gasteiger partial charge on any atom is -0.383 e. The van der Waals surface area contributed by atoms with Crippen molar-refractivity contribution in [2.45, 2.75) is 25.9 Å². The highest BCUT2D eigenvalue weighted by atomic mass is 16.6. The topological polar surface area (TPSA) is 156 Å². The third-order valence-electron chi connectivity index (χ3n) is 7.84. The van der Waals surface area contributed by atoms with Gasteiger partial charge in [0.1, 0.15) is 23.5 Å². The van der Waals surface area contributed by atoms with Gasteiger partial charge in [-0.15, -0.1) is 0 Å². The van der Waals surface area contributed by atoms with Gasteiger partial charge in [0.2, 0.25) is 5.91 Å². The zero-order valence-corrected chi connectivity index (χ0v) is 25.4. The molecule has 0 spiro atoms. The summed E-state index contributed by atoms with van der Waals surface area (Å²) in [4.78, 5) is 31.2. The maximum atomic E-state index is 12.9. The summed E-state index contributed by atoms with van der Waals surface area (Å²) in [6.07, 6.45) is 6.25. The van der Waals surface area contributed by atoms with E-state index in [1.807, 2.05) is 27.9 Å². The number of ether oxygens (including phenoxy) is 4. The number of nitrogens with one attached hydrogen (secondary N) is 1. The lowest BCUT2D eigenvalue weighted by Crippen LogP contribution is -2.36. The highest BCUT2D eigenvalue weighted by molar-refractivity contribution is 5.99. The van der Waals surface area contributed by atoms with Gasteiger partial charge in [-0.1, -0.05) is 18.2 Å². The number of rotatable bonds is 15. The van der Waals surface area contributed by atoms with Crippen LogP contribution in [0, 0.1) is 0 Å². The number of pyridine rings is 1. The number of carbonyl (C=O) groups excluding carboxylic acids is 1. The summed E-state index contributed by atoms with van der Waals surface area (Å²) in [5, 5.41) is 6.62. The smallest absolute Gasteiger partial charge is 0.225 e. The monoisotopic (exact) mass is 614 g/mol. The Morgan fingerprint density at radius 3 is 2.58 bits per heavy atom. The first-order valence-electron chi connectivity index (χ1n) is 15.1. The first kappa shape index (κ1) is 30.6. The van der Waals surface area contributed by atoms with Gasteiger partial charge in [0.15, 0.2) is 5.65 Å². The number of carbonyl (C=O) groups is 1. The van der Waals surface area contributed by atoms with Crippen molar-refractivity contribution >= 4 is 33.8 Å². The average molecular weight is 615 g/mol. The minimum atomic E-state index is 0.0947. The molecule has 0 unspecified atom stereocenters. The number of aromatic amines is 1. The number of nitrogen functional groups attached to an aromatic ring is 1. The van der Waals surface area contributed by atoms with Gasteiger partial charge in [-0.2, -0.15) is 5.10 Å². The summed E-state index contributed by atoms with van der Waals surface area (Å²) in [5.74, 6) is 0.473. The van der Waals surface area contributed by atoms with Crippen LogP contribution >= 0.6 is 0 Å². The number of fused-ring (bicyclic) bond motifs is 3. The van der Waals surface area contributed by atoms with Gasteiger partial charge >= 0.3 is 0 Å². The Balaban J connectivity index is 1.03. The van der Waals surface area contributed by atoms with Gasteiger partial charge in [-0.25, -0.2) is 19.6 Å². The number of anilines is 1. The van der Waals surface area contributed by atoms with E-state index < -0.39 is 0 Å². The molecule has 1 aliphatic heterocycles. The molecule has 236 valence electrons. The quantitative estimate of drug-likeness (QED) is 0.168. The van der Waals surface area contributed by atoms with E-state index >= 15 is 0 Å². The van der Waals surface area contributed by atoms with Crippen molar-refractivity contribution in [1.29, 1.82) is 0 Å². The molecule has 13 heteroatoms. The SMILES string of the molecule is COCCOCCOCCOCCC(=O)N1CCc2cc(Cn3nc(-c4cnc5[nH]ccc5c4)c4c(N)ncnc43)ccc2C1. The largest absolute Gasteiger partial charge is 0.383 e. The third kappa shape index (κ3) is 7.28. The summed E-state index contributed by atoms with van der Waals surface area (Å²) in [5.41, 5.74) is 12.8. The molecule has 3 N–H and O–H groups in total. The van der Waals surface area contributed by atoms with E-state index in [0.717, 1.165) is 34.1 Å². The van der Waals surface area contributed by atoms with Crippen LogP contribution in [0.1, 0.15) is 23.1 Å². The van der Waals surface area contributed by atoms with E-state index in [1.54, 1.807) is 13.3 Å². The fraction of sp³-hybridized carbons (Fsp3) is 0.406. The molecule has 5 aromatic rings. The molecule has 0 atom stereocenters. The van der Waals surface area contributed by atoms with Crippen LogP contribution in [0.3, 0.4) is 0 Å². The highest BCUT2D eigenvalue weighted by Gasteiger charge is 2.22. The van der Waals surface area contributed by atoms with Gasteiger partial charge in [0.05, 0.1) is 64.6 Å². The number of hydrogen-bond acceptors (Lipinski definition) is 10. The molecule has 0 saturated carbocycles. The van der Waals surface area contributed by atoms with E-state index in [-0.39, 0.29) is 5.91 Å². The molecule has 0 bridgehead atoms. The molecule has 0 saturated heterocycles. The summed E-state index contributed by atoms with van der Waals surface area (Å²) in [6, 6.07) is 10.4. The van der Waals surface area contributed by atoms with Crippen molar-refractivity contribution in [1.82, 2.24) is 34.6 Å². The molecular formula is C32H38N8O5. The molecule has 13 nitrogen and oxygen atoms in total. The number of hydrogen-bond donors (Lipinski definition) is 2. The molecular weight excluding hydrogens is 576 g/mol. The Morgan fingerprint density at radius 1 is 0.956 bits per heavy atom. The van der Waals surface area contributed by atoms with Crippen LogP contribution in [0.15, 0.2) is 49.1 Å². The normalized spacial score (nSPS) is 13.1. The lowest BCUT2D eigenvalue weighted by molar-refractivity contribution is -0.133. The van der Waals surface area contributed by atoms with Crippen molar-refractivity contribution in [3.05, 3.63) is 65.7 Å². The van der Waals surface area contributed by atoms with E-state index in [2.05, 4.69) is 38.1 Å². The van der Waals surface area contributed by atoms with Crippen molar-refractivity contribution in [2.75, 3.05) is 65.6 Å². The zero-order chi connectivity index (χ0) is 31.0. The lowest BCUT2D eigenvalue weighted by Gasteiger charge is -2.29. The van der Waals surface area contributed by atoms with Gasteiger partial charge in [-0.05, 0) is 35.2 Å². The molecule has 1 aromatic carbocycles. The predicted octanol–water partition coefficient (Wildman–Crippen LogP) is 2.97. The van der Waals surface area contributed by atoms with Crippen LogP contribution < -0.4 is 5.73 Å². The summed E-state index contributed by atoms with van der Waals surface area (Å²) < 4.78 is 23.2. The van der Waals surface area contributed by atoms with E-state index in [0.29, 0.717) is 94.8 Å². The summed E-state index contributed by atoms with van der Waals surface area (Å²) in [6.45, 7) is 5.23. The molecule has 0 radical (unpaired) electrons. The molecule has 1 aliphatic rings. The second-order valence-corrected chi connectivity index (χ2v) is 10.9.